The number of rotatable bonds is 6. The van der Waals surface area contributed by atoms with Gasteiger partial charge in [0.1, 0.15) is 17.9 Å². The van der Waals surface area contributed by atoms with E-state index in [0.717, 1.165) is 46.8 Å². The molecule has 0 saturated carbocycles. The van der Waals surface area contributed by atoms with Gasteiger partial charge in [0.2, 0.25) is 5.91 Å². The molecule has 3 aromatic rings. The van der Waals surface area contributed by atoms with E-state index in [-0.39, 0.29) is 5.91 Å². The van der Waals surface area contributed by atoms with Crippen LogP contribution in [0, 0.1) is 0 Å². The van der Waals surface area contributed by atoms with Crippen LogP contribution >= 0.6 is 0 Å². The Morgan fingerprint density at radius 1 is 1.10 bits per heavy atom. The van der Waals surface area contributed by atoms with Crippen LogP contribution in [0.15, 0.2) is 48.8 Å². The second-order valence-electron chi connectivity index (χ2n) is 7.34. The SMILES string of the molecule is COc1ccccc1CCC(=O)Nc1ccc2ncnc(N3CCCCC3)c2c1. The number of ether oxygens (including phenoxy) is 1. The Labute approximate surface area is 170 Å². The fraction of sp³-hybridized carbons (Fsp3) is 0.348. The van der Waals surface area contributed by atoms with Crippen LogP contribution in [-0.2, 0) is 11.2 Å². The number of nitrogens with zero attached hydrogens (tertiary/aromatic N) is 3. The Kier molecular flexibility index (Phi) is 5.89. The van der Waals surface area contributed by atoms with Crippen molar-refractivity contribution < 1.29 is 9.53 Å². The summed E-state index contributed by atoms with van der Waals surface area (Å²) in [6.45, 7) is 2.03. The second kappa shape index (κ2) is 8.90. The lowest BCUT2D eigenvalue weighted by atomic mass is 10.1. The number of hydrogen-bond acceptors (Lipinski definition) is 5. The molecule has 150 valence electrons. The number of carbonyl (C=O) groups is 1. The number of methoxy groups -OCH3 is 1. The maximum atomic E-state index is 12.5. The first-order chi connectivity index (χ1) is 14.2. The van der Waals surface area contributed by atoms with Crippen LogP contribution in [0.25, 0.3) is 10.9 Å². The summed E-state index contributed by atoms with van der Waals surface area (Å²) in [6.07, 6.45) is 6.29. The van der Waals surface area contributed by atoms with Gasteiger partial charge >= 0.3 is 0 Å². The second-order valence-corrected chi connectivity index (χ2v) is 7.34. The van der Waals surface area contributed by atoms with E-state index in [4.69, 9.17) is 4.74 Å². The van der Waals surface area contributed by atoms with Crippen LogP contribution in [-0.4, -0.2) is 36.1 Å². The summed E-state index contributed by atoms with van der Waals surface area (Å²) in [7, 11) is 1.65. The molecule has 1 aliphatic heterocycles. The van der Waals surface area contributed by atoms with E-state index < -0.39 is 0 Å². The Hall–Kier alpha value is -3.15. The highest BCUT2D eigenvalue weighted by molar-refractivity contribution is 5.96. The molecule has 29 heavy (non-hydrogen) atoms. The smallest absolute Gasteiger partial charge is 0.224 e. The van der Waals surface area contributed by atoms with E-state index in [9.17, 15) is 4.79 Å². The zero-order chi connectivity index (χ0) is 20.1. The lowest BCUT2D eigenvalue weighted by molar-refractivity contribution is -0.116. The lowest BCUT2D eigenvalue weighted by Crippen LogP contribution is -2.30. The molecule has 6 heteroatoms. The molecule has 0 spiro atoms. The molecule has 4 rings (SSSR count). The van der Waals surface area contributed by atoms with Crippen LogP contribution < -0.4 is 15.0 Å². The van der Waals surface area contributed by atoms with Crippen LogP contribution in [0.2, 0.25) is 0 Å². The highest BCUT2D eigenvalue weighted by Gasteiger charge is 2.16. The molecule has 1 aromatic heterocycles. The van der Waals surface area contributed by atoms with Crippen LogP contribution in [0.3, 0.4) is 0 Å². The van der Waals surface area contributed by atoms with Gasteiger partial charge in [-0.3, -0.25) is 4.79 Å². The number of aromatic nitrogens is 2. The van der Waals surface area contributed by atoms with E-state index in [1.807, 2.05) is 42.5 Å². The fourth-order valence-corrected chi connectivity index (χ4v) is 3.86. The van der Waals surface area contributed by atoms with E-state index >= 15 is 0 Å². The number of aryl methyl sites for hydroxylation is 1. The molecule has 1 N–H and O–H groups in total. The number of benzene rings is 2. The maximum Gasteiger partial charge on any atom is 0.224 e. The van der Waals surface area contributed by atoms with Crippen LogP contribution in [0.5, 0.6) is 5.75 Å². The molecule has 1 fully saturated rings. The molecule has 0 aliphatic carbocycles. The summed E-state index contributed by atoms with van der Waals surface area (Å²) in [5.41, 5.74) is 2.70. The molecule has 0 atom stereocenters. The highest BCUT2D eigenvalue weighted by Crippen LogP contribution is 2.28. The van der Waals surface area contributed by atoms with Gasteiger partial charge in [-0.05, 0) is 55.5 Å². The van der Waals surface area contributed by atoms with Crippen LogP contribution in [0.1, 0.15) is 31.2 Å². The van der Waals surface area contributed by atoms with Crippen molar-refractivity contribution in [3.63, 3.8) is 0 Å². The van der Waals surface area contributed by atoms with Gasteiger partial charge in [0.15, 0.2) is 0 Å². The van der Waals surface area contributed by atoms with Crippen molar-refractivity contribution in [1.82, 2.24) is 9.97 Å². The molecule has 0 radical (unpaired) electrons. The topological polar surface area (TPSA) is 67.3 Å². The van der Waals surface area contributed by atoms with E-state index in [1.165, 1.54) is 19.3 Å². The minimum atomic E-state index is -0.0216. The predicted molar refractivity (Wildman–Crippen MR) is 116 cm³/mol. The minimum absolute atomic E-state index is 0.0216. The Balaban J connectivity index is 1.48. The van der Waals surface area contributed by atoms with Crippen LogP contribution in [0.4, 0.5) is 11.5 Å². The maximum absolute atomic E-state index is 12.5. The van der Waals surface area contributed by atoms with E-state index in [2.05, 4.69) is 20.2 Å². The molecule has 1 amide bonds. The summed E-state index contributed by atoms with van der Waals surface area (Å²) in [6, 6.07) is 13.6. The zero-order valence-electron chi connectivity index (χ0n) is 16.7. The van der Waals surface area contributed by atoms with Crippen molar-refractivity contribution in [2.45, 2.75) is 32.1 Å². The summed E-state index contributed by atoms with van der Waals surface area (Å²) in [5, 5.41) is 4.00. The van der Waals surface area contributed by atoms with Gasteiger partial charge < -0.3 is 15.0 Å². The van der Waals surface area contributed by atoms with Gasteiger partial charge in [0, 0.05) is 30.6 Å². The number of hydrogen-bond donors (Lipinski definition) is 1. The Morgan fingerprint density at radius 2 is 1.93 bits per heavy atom. The van der Waals surface area contributed by atoms with Crippen molar-refractivity contribution in [3.8, 4) is 5.75 Å². The number of amides is 1. The Bertz CT molecular complexity index is 999. The van der Waals surface area contributed by atoms with Crippen molar-refractivity contribution in [3.05, 3.63) is 54.4 Å². The molecule has 1 saturated heterocycles. The third-order valence-electron chi connectivity index (χ3n) is 5.37. The number of fused-ring (bicyclic) bond motifs is 1. The van der Waals surface area contributed by atoms with Gasteiger partial charge in [-0.2, -0.15) is 0 Å². The Morgan fingerprint density at radius 3 is 2.76 bits per heavy atom. The first kappa shape index (κ1) is 19.2. The monoisotopic (exact) mass is 390 g/mol. The minimum Gasteiger partial charge on any atom is -0.496 e. The normalized spacial score (nSPS) is 14.0. The number of nitrogens with one attached hydrogen (secondary N) is 1. The molecular formula is C23H26N4O2. The molecule has 2 heterocycles. The summed E-state index contributed by atoms with van der Waals surface area (Å²) in [4.78, 5) is 23.8. The van der Waals surface area contributed by atoms with Gasteiger partial charge in [-0.1, -0.05) is 18.2 Å². The quantitative estimate of drug-likeness (QED) is 0.683. The first-order valence-corrected chi connectivity index (χ1v) is 10.2. The van der Waals surface area contributed by atoms with Crippen molar-refractivity contribution >= 4 is 28.3 Å². The standard InChI is InChI=1S/C23H26N4O2/c1-29-21-8-4-3-7-17(21)9-12-22(28)26-18-10-11-20-19(15-18)23(25-16-24-20)27-13-5-2-6-14-27/h3-4,7-8,10-11,15-16H,2,5-6,9,12-14H2,1H3,(H,26,28). The molecule has 0 unspecified atom stereocenters. The van der Waals surface area contributed by atoms with Gasteiger partial charge in [0.25, 0.3) is 0 Å². The number of carbonyl (C=O) groups excluding carboxylic acids is 1. The van der Waals surface area contributed by atoms with Crippen molar-refractivity contribution in [2.24, 2.45) is 0 Å². The largest absolute Gasteiger partial charge is 0.496 e. The zero-order valence-corrected chi connectivity index (χ0v) is 16.7. The third-order valence-corrected chi connectivity index (χ3v) is 5.37. The molecule has 2 aromatic carbocycles. The lowest BCUT2D eigenvalue weighted by Gasteiger charge is -2.28. The molecule has 1 aliphatic rings. The molecule has 0 bridgehead atoms. The summed E-state index contributed by atoms with van der Waals surface area (Å²) < 4.78 is 5.36. The molecular weight excluding hydrogens is 364 g/mol. The van der Waals surface area contributed by atoms with Gasteiger partial charge in [-0.25, -0.2) is 9.97 Å². The van der Waals surface area contributed by atoms with Crippen molar-refractivity contribution in [1.29, 1.82) is 0 Å². The number of anilines is 2. The van der Waals surface area contributed by atoms with Gasteiger partial charge in [0.05, 0.1) is 12.6 Å². The number of piperidine rings is 1. The predicted octanol–water partition coefficient (Wildman–Crippen LogP) is 4.20. The first-order valence-electron chi connectivity index (χ1n) is 10.2. The third kappa shape index (κ3) is 4.47. The summed E-state index contributed by atoms with van der Waals surface area (Å²) in [5.74, 6) is 1.75. The number of para-hydroxylation sites is 1. The highest BCUT2D eigenvalue weighted by atomic mass is 16.5. The van der Waals surface area contributed by atoms with E-state index in [1.54, 1.807) is 13.4 Å². The van der Waals surface area contributed by atoms with Gasteiger partial charge in [-0.15, -0.1) is 0 Å². The fourth-order valence-electron chi connectivity index (χ4n) is 3.86. The summed E-state index contributed by atoms with van der Waals surface area (Å²) >= 11 is 0. The average Bonchev–Trinajstić information content (AvgIpc) is 2.78. The van der Waals surface area contributed by atoms with Crippen molar-refractivity contribution in [2.75, 3.05) is 30.4 Å². The van der Waals surface area contributed by atoms with E-state index in [0.29, 0.717) is 12.8 Å². The average molecular weight is 390 g/mol. The molecule has 6 nitrogen and oxygen atoms in total.